The number of carbonyl (C=O) groups excluding carboxylic acids is 1. The Morgan fingerprint density at radius 2 is 2.05 bits per heavy atom. The Hall–Kier alpha value is -2.34. The molecule has 0 bridgehead atoms. The summed E-state index contributed by atoms with van der Waals surface area (Å²) < 4.78 is 0. The van der Waals surface area contributed by atoms with E-state index in [1.54, 1.807) is 24.3 Å². The van der Waals surface area contributed by atoms with E-state index in [0.717, 1.165) is 6.54 Å². The van der Waals surface area contributed by atoms with Gasteiger partial charge in [-0.2, -0.15) is 0 Å². The van der Waals surface area contributed by atoms with Crippen LogP contribution in [0, 0.1) is 0 Å². The second kappa shape index (κ2) is 6.21. The lowest BCUT2D eigenvalue weighted by Crippen LogP contribution is -2.34. The van der Waals surface area contributed by atoms with Gasteiger partial charge in [0.15, 0.2) is 0 Å². The molecule has 0 atom stereocenters. The first kappa shape index (κ1) is 14.1. The number of aromatic nitrogens is 1. The maximum absolute atomic E-state index is 12.0. The number of rotatable bonds is 5. The zero-order chi connectivity index (χ0) is 14.5. The minimum absolute atomic E-state index is 0.250. The highest BCUT2D eigenvalue weighted by Gasteiger charge is 2.18. The SMILES string of the molecule is CCNCCNC(=O)c1c(O)c2ccccc2[nH]c1=O. The highest BCUT2D eigenvalue weighted by atomic mass is 16.3. The number of amides is 1. The second-order valence-corrected chi connectivity index (χ2v) is 4.33. The predicted molar refractivity (Wildman–Crippen MR) is 77.1 cm³/mol. The molecule has 6 heteroatoms. The minimum Gasteiger partial charge on any atom is -0.506 e. The Morgan fingerprint density at radius 3 is 2.80 bits per heavy atom. The molecule has 1 heterocycles. The zero-order valence-electron chi connectivity index (χ0n) is 11.2. The number of hydrogen-bond donors (Lipinski definition) is 4. The summed E-state index contributed by atoms with van der Waals surface area (Å²) in [5, 5.41) is 16.2. The molecular weight excluding hydrogens is 258 g/mol. The molecule has 0 aliphatic rings. The van der Waals surface area contributed by atoms with Gasteiger partial charge in [-0.15, -0.1) is 0 Å². The highest BCUT2D eigenvalue weighted by molar-refractivity contribution is 6.01. The van der Waals surface area contributed by atoms with Crippen molar-refractivity contribution in [3.63, 3.8) is 0 Å². The highest BCUT2D eigenvalue weighted by Crippen LogP contribution is 2.24. The quantitative estimate of drug-likeness (QED) is 0.600. The fraction of sp³-hybridized carbons (Fsp3) is 0.286. The Kier molecular flexibility index (Phi) is 4.37. The number of carbonyl (C=O) groups is 1. The maximum atomic E-state index is 12.0. The predicted octanol–water partition coefficient (Wildman–Crippen LogP) is 0.573. The Morgan fingerprint density at radius 1 is 1.30 bits per heavy atom. The minimum atomic E-state index is -0.595. The Labute approximate surface area is 115 Å². The van der Waals surface area contributed by atoms with Crippen molar-refractivity contribution in [3.05, 3.63) is 40.2 Å². The van der Waals surface area contributed by atoms with Crippen molar-refractivity contribution in [1.82, 2.24) is 15.6 Å². The van der Waals surface area contributed by atoms with E-state index in [4.69, 9.17) is 0 Å². The molecule has 4 N–H and O–H groups in total. The van der Waals surface area contributed by atoms with Crippen LogP contribution in [0.5, 0.6) is 5.75 Å². The van der Waals surface area contributed by atoms with E-state index in [-0.39, 0.29) is 11.3 Å². The first-order valence-corrected chi connectivity index (χ1v) is 6.48. The van der Waals surface area contributed by atoms with Crippen LogP contribution in [0.2, 0.25) is 0 Å². The number of pyridine rings is 1. The first-order valence-electron chi connectivity index (χ1n) is 6.48. The lowest BCUT2D eigenvalue weighted by molar-refractivity contribution is 0.0950. The molecule has 106 valence electrons. The molecule has 0 spiro atoms. The summed E-state index contributed by atoms with van der Waals surface area (Å²) in [4.78, 5) is 26.5. The summed E-state index contributed by atoms with van der Waals surface area (Å²) in [6.45, 7) is 3.76. The molecule has 1 amide bonds. The van der Waals surface area contributed by atoms with E-state index < -0.39 is 11.5 Å². The molecule has 0 aliphatic heterocycles. The van der Waals surface area contributed by atoms with Crippen molar-refractivity contribution >= 4 is 16.8 Å². The summed E-state index contributed by atoms with van der Waals surface area (Å²) in [6.07, 6.45) is 0. The normalized spacial score (nSPS) is 10.7. The number of aromatic hydroxyl groups is 1. The van der Waals surface area contributed by atoms with Crippen molar-refractivity contribution in [2.45, 2.75) is 6.92 Å². The van der Waals surface area contributed by atoms with E-state index in [9.17, 15) is 14.7 Å². The summed E-state index contributed by atoms with van der Waals surface area (Å²) in [5.41, 5.74) is -0.346. The molecule has 0 saturated heterocycles. The molecule has 2 aromatic rings. The van der Waals surface area contributed by atoms with E-state index in [1.807, 2.05) is 6.92 Å². The number of aromatic amines is 1. The molecule has 0 aliphatic carbocycles. The zero-order valence-corrected chi connectivity index (χ0v) is 11.2. The molecule has 0 radical (unpaired) electrons. The van der Waals surface area contributed by atoms with Crippen molar-refractivity contribution < 1.29 is 9.90 Å². The van der Waals surface area contributed by atoms with Crippen LogP contribution in [0.1, 0.15) is 17.3 Å². The van der Waals surface area contributed by atoms with E-state index >= 15 is 0 Å². The van der Waals surface area contributed by atoms with Crippen LogP contribution in [0.3, 0.4) is 0 Å². The van der Waals surface area contributed by atoms with Gasteiger partial charge in [-0.25, -0.2) is 0 Å². The topological polar surface area (TPSA) is 94.2 Å². The van der Waals surface area contributed by atoms with Gasteiger partial charge in [0.05, 0.1) is 5.52 Å². The first-order chi connectivity index (χ1) is 9.65. The van der Waals surface area contributed by atoms with Gasteiger partial charge in [0.1, 0.15) is 11.3 Å². The van der Waals surface area contributed by atoms with Gasteiger partial charge in [-0.1, -0.05) is 19.1 Å². The average Bonchev–Trinajstić information content (AvgIpc) is 2.43. The van der Waals surface area contributed by atoms with E-state index in [2.05, 4.69) is 15.6 Å². The van der Waals surface area contributed by atoms with Crippen molar-refractivity contribution in [3.8, 4) is 5.75 Å². The standard InChI is InChI=1S/C14H17N3O3/c1-2-15-7-8-16-13(19)11-12(18)9-5-3-4-6-10(9)17-14(11)20/h3-6,15H,2,7-8H2,1H3,(H,16,19)(H2,17,18,20). The number of fused-ring (bicyclic) bond motifs is 1. The van der Waals surface area contributed by atoms with Crippen LogP contribution in [-0.4, -0.2) is 35.6 Å². The number of H-pyrrole nitrogens is 1. The molecule has 0 saturated carbocycles. The number of nitrogens with one attached hydrogen (secondary N) is 3. The number of likely N-dealkylation sites (N-methyl/N-ethyl adjacent to an activating group) is 1. The third-order valence-corrected chi connectivity index (χ3v) is 2.96. The van der Waals surface area contributed by atoms with Gasteiger partial charge in [-0.05, 0) is 18.7 Å². The summed E-state index contributed by atoms with van der Waals surface area (Å²) in [7, 11) is 0. The van der Waals surface area contributed by atoms with Gasteiger partial charge in [0, 0.05) is 18.5 Å². The van der Waals surface area contributed by atoms with E-state index in [0.29, 0.717) is 24.0 Å². The third-order valence-electron chi connectivity index (χ3n) is 2.96. The largest absolute Gasteiger partial charge is 0.506 e. The van der Waals surface area contributed by atoms with Gasteiger partial charge in [0.2, 0.25) is 0 Å². The second-order valence-electron chi connectivity index (χ2n) is 4.33. The smallest absolute Gasteiger partial charge is 0.265 e. The summed E-state index contributed by atoms with van der Waals surface area (Å²) in [5.74, 6) is -0.863. The molecule has 1 aromatic heterocycles. The van der Waals surface area contributed by atoms with Crippen LogP contribution in [0.4, 0.5) is 0 Å². The number of para-hydroxylation sites is 1. The number of benzene rings is 1. The average molecular weight is 275 g/mol. The Bertz CT molecular complexity index is 679. The molecule has 2 rings (SSSR count). The summed E-state index contributed by atoms with van der Waals surface area (Å²) >= 11 is 0. The molecule has 20 heavy (non-hydrogen) atoms. The Balaban J connectivity index is 2.29. The van der Waals surface area contributed by atoms with Crippen molar-refractivity contribution in [1.29, 1.82) is 0 Å². The van der Waals surface area contributed by atoms with Crippen molar-refractivity contribution in [2.24, 2.45) is 0 Å². The monoisotopic (exact) mass is 275 g/mol. The van der Waals surface area contributed by atoms with E-state index in [1.165, 1.54) is 0 Å². The fourth-order valence-electron chi connectivity index (χ4n) is 1.97. The van der Waals surface area contributed by atoms with Crippen LogP contribution in [0.15, 0.2) is 29.1 Å². The molecule has 0 fully saturated rings. The molecule has 0 unspecified atom stereocenters. The molecular formula is C14H17N3O3. The van der Waals surface area contributed by atoms with Gasteiger partial charge in [0.25, 0.3) is 11.5 Å². The van der Waals surface area contributed by atoms with Crippen LogP contribution in [-0.2, 0) is 0 Å². The lowest BCUT2D eigenvalue weighted by Gasteiger charge is -2.08. The molecule has 1 aromatic carbocycles. The van der Waals surface area contributed by atoms with Gasteiger partial charge >= 0.3 is 0 Å². The number of hydrogen-bond acceptors (Lipinski definition) is 4. The maximum Gasteiger partial charge on any atom is 0.265 e. The van der Waals surface area contributed by atoms with Crippen LogP contribution >= 0.6 is 0 Å². The van der Waals surface area contributed by atoms with Gasteiger partial charge in [-0.3, -0.25) is 9.59 Å². The summed E-state index contributed by atoms with van der Waals surface area (Å²) in [6, 6.07) is 6.79. The van der Waals surface area contributed by atoms with Crippen molar-refractivity contribution in [2.75, 3.05) is 19.6 Å². The lowest BCUT2D eigenvalue weighted by atomic mass is 10.1. The fourth-order valence-corrected chi connectivity index (χ4v) is 1.97. The van der Waals surface area contributed by atoms with Crippen LogP contribution in [0.25, 0.3) is 10.9 Å². The van der Waals surface area contributed by atoms with Crippen LogP contribution < -0.4 is 16.2 Å². The third kappa shape index (κ3) is 2.80. The molecule has 6 nitrogen and oxygen atoms in total. The van der Waals surface area contributed by atoms with Gasteiger partial charge < -0.3 is 20.7 Å².